The molecule has 3 amide bonds. The lowest BCUT2D eigenvalue weighted by Gasteiger charge is -2.44. The van der Waals surface area contributed by atoms with Crippen molar-refractivity contribution >= 4 is 52.5 Å². The summed E-state index contributed by atoms with van der Waals surface area (Å²) < 4.78 is 79.9. The van der Waals surface area contributed by atoms with Crippen molar-refractivity contribution in [2.24, 2.45) is 4.99 Å². The zero-order valence-corrected chi connectivity index (χ0v) is 24.3. The van der Waals surface area contributed by atoms with Crippen molar-refractivity contribution in [3.05, 3.63) is 58.6 Å². The van der Waals surface area contributed by atoms with Crippen LogP contribution in [0.15, 0.2) is 40.7 Å². The molecule has 0 unspecified atom stereocenters. The van der Waals surface area contributed by atoms with E-state index in [4.69, 9.17) is 16.3 Å². The molecule has 5 rings (SSSR count). The highest BCUT2D eigenvalue weighted by Gasteiger charge is 2.48. The van der Waals surface area contributed by atoms with Crippen LogP contribution in [-0.2, 0) is 15.7 Å². The molecule has 3 heterocycles. The van der Waals surface area contributed by atoms with Crippen LogP contribution in [0.25, 0.3) is 11.1 Å². The molecule has 2 aromatic carbocycles. The number of hydrogen-bond donors (Lipinski definition) is 0. The topological polar surface area (TPSA) is 65.2 Å². The maximum Gasteiger partial charge on any atom is 0.547 e. The van der Waals surface area contributed by atoms with Gasteiger partial charge in [-0.2, -0.15) is 22.5 Å². The second-order valence-corrected chi connectivity index (χ2v) is 11.6. The lowest BCUT2D eigenvalue weighted by atomic mass is 9.92. The molecule has 3 aliphatic heterocycles. The zero-order valence-electron chi connectivity index (χ0n) is 22.7. The predicted molar refractivity (Wildman–Crippen MR) is 149 cm³/mol. The van der Waals surface area contributed by atoms with Gasteiger partial charge in [0.2, 0.25) is 5.91 Å². The third kappa shape index (κ3) is 5.01. The molecule has 1 saturated heterocycles. The SMILES string of the molecule is C=CC(=O)N1[C@H](C)CN(C2=NC(=O)[N+]3=C(COC)CSc4c(-c5cc(Cl)c(F)cc5F)c(C(F)(F)F)cc2c43)C[C@@H]1C. The Kier molecular flexibility index (Phi) is 7.96. The van der Waals surface area contributed by atoms with Crippen molar-refractivity contribution in [1.29, 1.82) is 0 Å². The Hall–Kier alpha value is -3.29. The third-order valence-corrected chi connectivity index (χ3v) is 8.81. The number of methoxy groups -OCH3 is 1. The van der Waals surface area contributed by atoms with Gasteiger partial charge in [0.15, 0.2) is 5.69 Å². The summed E-state index contributed by atoms with van der Waals surface area (Å²) in [4.78, 5) is 33.5. The fourth-order valence-electron chi connectivity index (χ4n) is 5.75. The number of carbonyl (C=O) groups excluding carboxylic acids is 2. The number of amidine groups is 1. The minimum atomic E-state index is -4.97. The smallest absolute Gasteiger partial charge is 0.377 e. The molecule has 0 saturated carbocycles. The normalized spacial score (nSPS) is 20.5. The second kappa shape index (κ2) is 11.1. The third-order valence-electron chi connectivity index (χ3n) is 7.36. The first-order valence-corrected chi connectivity index (χ1v) is 14.2. The Morgan fingerprint density at radius 3 is 2.45 bits per heavy atom. The van der Waals surface area contributed by atoms with Crippen LogP contribution in [0, 0.1) is 11.6 Å². The van der Waals surface area contributed by atoms with Gasteiger partial charge >= 0.3 is 12.2 Å². The van der Waals surface area contributed by atoms with E-state index < -0.39 is 45.6 Å². The fourth-order valence-corrected chi connectivity index (χ4v) is 7.13. The molecule has 2 aromatic rings. The Labute approximate surface area is 247 Å². The van der Waals surface area contributed by atoms with Gasteiger partial charge in [-0.3, -0.25) is 4.79 Å². The van der Waals surface area contributed by atoms with E-state index in [1.807, 2.05) is 0 Å². The number of urea groups is 1. The summed E-state index contributed by atoms with van der Waals surface area (Å²) in [7, 11) is 1.41. The fraction of sp³-hybridized carbons (Fsp3) is 0.357. The van der Waals surface area contributed by atoms with Gasteiger partial charge in [-0.05, 0) is 32.1 Å². The highest BCUT2D eigenvalue weighted by Crippen LogP contribution is 2.51. The number of carbonyl (C=O) groups is 2. The largest absolute Gasteiger partial charge is 0.547 e. The van der Waals surface area contributed by atoms with Gasteiger partial charge in [0.1, 0.15) is 24.0 Å². The van der Waals surface area contributed by atoms with Gasteiger partial charge in [-0.25, -0.2) is 8.78 Å². The summed E-state index contributed by atoms with van der Waals surface area (Å²) >= 11 is 6.87. The standard InChI is InChI=1S/C28H25ClF5N4O3S/c1-5-22(39)37-13(2)9-36(10-14(37)3)26-17-6-18(28(32,33)34)23(16-7-19(29)21(31)8-20(16)30)25-24(17)38(27(40)35-26)15(11-41-4)12-42-25/h5-8,13-14H,1,9-12H2,2-4H3/q+1/t13-,14+. The van der Waals surface area contributed by atoms with Gasteiger partial charge in [0, 0.05) is 54.5 Å². The quantitative estimate of drug-likeness (QED) is 0.177. The molecule has 0 bridgehead atoms. The number of halogens is 6. The summed E-state index contributed by atoms with van der Waals surface area (Å²) in [5.74, 6) is -2.59. The van der Waals surface area contributed by atoms with Crippen LogP contribution >= 0.6 is 23.4 Å². The molecule has 0 radical (unpaired) electrons. The summed E-state index contributed by atoms with van der Waals surface area (Å²) in [6.07, 6.45) is -3.78. The molecule has 7 nitrogen and oxygen atoms in total. The Balaban J connectivity index is 1.79. The monoisotopic (exact) mass is 627 g/mol. The summed E-state index contributed by atoms with van der Waals surface area (Å²) in [5.41, 5.74) is -1.74. The Morgan fingerprint density at radius 2 is 1.86 bits per heavy atom. The van der Waals surface area contributed by atoms with Crippen LogP contribution < -0.4 is 0 Å². The van der Waals surface area contributed by atoms with E-state index in [2.05, 4.69) is 11.6 Å². The molecule has 222 valence electrons. The molecular formula is C28H25ClF5N4O3S+. The van der Waals surface area contributed by atoms with E-state index in [0.29, 0.717) is 11.8 Å². The Morgan fingerprint density at radius 1 is 1.19 bits per heavy atom. The highest BCUT2D eigenvalue weighted by molar-refractivity contribution is 8.00. The van der Waals surface area contributed by atoms with Crippen LogP contribution in [0.2, 0.25) is 5.02 Å². The van der Waals surface area contributed by atoms with Gasteiger partial charge in [0.25, 0.3) is 5.84 Å². The Bertz CT molecular complexity index is 1580. The number of thioether (sulfide) groups is 1. The number of ether oxygens (including phenoxy) is 1. The molecule has 0 N–H and O–H groups in total. The predicted octanol–water partition coefficient (Wildman–Crippen LogP) is 6.13. The van der Waals surface area contributed by atoms with E-state index in [1.54, 1.807) is 23.6 Å². The first kappa shape index (κ1) is 30.2. The van der Waals surface area contributed by atoms with E-state index in [9.17, 15) is 27.2 Å². The molecule has 1 fully saturated rings. The molecule has 0 aromatic heterocycles. The molecule has 14 heteroatoms. The van der Waals surface area contributed by atoms with Crippen molar-refractivity contribution < 1.29 is 40.9 Å². The van der Waals surface area contributed by atoms with E-state index >= 15 is 4.39 Å². The second-order valence-electron chi connectivity index (χ2n) is 10.2. The van der Waals surface area contributed by atoms with E-state index in [-0.39, 0.29) is 65.4 Å². The number of aliphatic imine (C=N–C) groups is 1. The van der Waals surface area contributed by atoms with Crippen molar-refractivity contribution in [1.82, 2.24) is 9.80 Å². The van der Waals surface area contributed by atoms with E-state index in [0.717, 1.165) is 23.9 Å². The van der Waals surface area contributed by atoms with Gasteiger partial charge in [-0.1, -0.05) is 18.2 Å². The maximum absolute atomic E-state index is 15.2. The molecule has 0 aliphatic carbocycles. The maximum atomic E-state index is 15.2. The first-order chi connectivity index (χ1) is 19.8. The zero-order chi connectivity index (χ0) is 30.7. The number of rotatable bonds is 4. The number of hydrogen-bond acceptors (Lipinski definition) is 5. The number of benzene rings is 2. The molecule has 2 atom stereocenters. The lowest BCUT2D eigenvalue weighted by molar-refractivity contribution is -0.337. The van der Waals surface area contributed by atoms with Gasteiger partial charge in [-0.15, -0.1) is 11.8 Å². The first-order valence-electron chi connectivity index (χ1n) is 12.8. The van der Waals surface area contributed by atoms with Crippen molar-refractivity contribution in [3.8, 4) is 11.1 Å². The van der Waals surface area contributed by atoms with Crippen LogP contribution in [0.4, 0.5) is 32.4 Å². The summed E-state index contributed by atoms with van der Waals surface area (Å²) in [6, 6.07) is 0.580. The average molecular weight is 628 g/mol. The summed E-state index contributed by atoms with van der Waals surface area (Å²) in [5, 5.41) is -0.554. The molecule has 0 spiro atoms. The minimum absolute atomic E-state index is 0.00540. The number of piperazine rings is 1. The van der Waals surface area contributed by atoms with Crippen LogP contribution in [-0.4, -0.2) is 82.5 Å². The highest BCUT2D eigenvalue weighted by atomic mass is 35.5. The van der Waals surface area contributed by atoms with Gasteiger partial charge in [0.05, 0.1) is 26.8 Å². The molecular weight excluding hydrogens is 603 g/mol. The summed E-state index contributed by atoms with van der Waals surface area (Å²) in [6.45, 7) is 7.45. The van der Waals surface area contributed by atoms with Gasteiger partial charge < -0.3 is 14.5 Å². The van der Waals surface area contributed by atoms with Crippen LogP contribution in [0.3, 0.4) is 0 Å². The number of amides is 3. The van der Waals surface area contributed by atoms with E-state index in [1.165, 1.54) is 17.8 Å². The number of nitrogens with zero attached hydrogens (tertiary/aromatic N) is 4. The van der Waals surface area contributed by atoms with Crippen molar-refractivity contribution in [2.45, 2.75) is 37.0 Å². The molecule has 42 heavy (non-hydrogen) atoms. The minimum Gasteiger partial charge on any atom is -0.377 e. The van der Waals surface area contributed by atoms with Crippen LogP contribution in [0.1, 0.15) is 25.0 Å². The van der Waals surface area contributed by atoms with Crippen molar-refractivity contribution in [3.63, 3.8) is 0 Å². The lowest BCUT2D eigenvalue weighted by Crippen LogP contribution is -2.60. The van der Waals surface area contributed by atoms with Crippen LogP contribution in [0.5, 0.6) is 0 Å². The average Bonchev–Trinajstić information content (AvgIpc) is 2.91. The number of alkyl halides is 3. The van der Waals surface area contributed by atoms with Crippen molar-refractivity contribution in [2.75, 3.05) is 32.6 Å². The molecule has 3 aliphatic rings.